The van der Waals surface area contributed by atoms with E-state index in [0.717, 1.165) is 41.7 Å². The molecule has 39 heavy (non-hydrogen) atoms. The van der Waals surface area contributed by atoms with Gasteiger partial charge in [-0.15, -0.1) is 11.3 Å². The molecular weight excluding hydrogens is 518 g/mol. The maximum absolute atomic E-state index is 12.6. The molecular formula is C29H31N3O6S. The highest BCUT2D eigenvalue weighted by atomic mass is 32.1. The Morgan fingerprint density at radius 1 is 0.974 bits per heavy atom. The van der Waals surface area contributed by atoms with Gasteiger partial charge in [0.2, 0.25) is 0 Å². The van der Waals surface area contributed by atoms with E-state index >= 15 is 0 Å². The fourth-order valence-corrected chi connectivity index (χ4v) is 5.51. The van der Waals surface area contributed by atoms with Gasteiger partial charge in [0.15, 0.2) is 11.5 Å². The van der Waals surface area contributed by atoms with Crippen LogP contribution >= 0.6 is 11.3 Å². The van der Waals surface area contributed by atoms with Gasteiger partial charge in [-0.3, -0.25) is 9.59 Å². The molecule has 0 saturated heterocycles. The zero-order valence-corrected chi connectivity index (χ0v) is 23.2. The largest absolute Gasteiger partial charge is 0.493 e. The first-order valence-corrected chi connectivity index (χ1v) is 13.4. The van der Waals surface area contributed by atoms with E-state index in [9.17, 15) is 14.4 Å². The van der Waals surface area contributed by atoms with Gasteiger partial charge in [0.1, 0.15) is 11.6 Å². The van der Waals surface area contributed by atoms with Crippen LogP contribution in [0.15, 0.2) is 47.6 Å². The number of benzene rings is 2. The van der Waals surface area contributed by atoms with Crippen molar-refractivity contribution in [2.75, 3.05) is 19.5 Å². The Morgan fingerprint density at radius 3 is 2.44 bits per heavy atom. The van der Waals surface area contributed by atoms with E-state index in [4.69, 9.17) is 14.2 Å². The number of carbonyl (C=O) groups excluding carboxylic acids is 3. The molecule has 0 saturated carbocycles. The molecule has 0 fully saturated rings. The number of carbonyl (C=O) groups is 3. The van der Waals surface area contributed by atoms with Gasteiger partial charge in [0, 0.05) is 10.4 Å². The van der Waals surface area contributed by atoms with Crippen molar-refractivity contribution < 1.29 is 28.6 Å². The fourth-order valence-electron chi connectivity index (χ4n) is 4.24. The van der Waals surface area contributed by atoms with Gasteiger partial charge in [0.05, 0.1) is 25.5 Å². The molecule has 1 heterocycles. The lowest BCUT2D eigenvalue weighted by Crippen LogP contribution is -2.33. The second-order valence-electron chi connectivity index (χ2n) is 9.14. The molecule has 2 N–H and O–H groups in total. The van der Waals surface area contributed by atoms with E-state index in [1.807, 2.05) is 31.2 Å². The first kappa shape index (κ1) is 27.8. The lowest BCUT2D eigenvalue weighted by Gasteiger charge is -2.12. The average molecular weight is 550 g/mol. The van der Waals surface area contributed by atoms with Crippen LogP contribution in [-0.2, 0) is 33.8 Å². The molecule has 0 aliphatic heterocycles. The highest BCUT2D eigenvalue weighted by molar-refractivity contribution is 7.17. The van der Waals surface area contributed by atoms with Crippen LogP contribution in [0.25, 0.3) is 0 Å². The van der Waals surface area contributed by atoms with Crippen LogP contribution in [0.3, 0.4) is 0 Å². The Morgan fingerprint density at radius 2 is 1.72 bits per heavy atom. The molecule has 0 unspecified atom stereocenters. The number of nitrogens with one attached hydrogen (secondary N) is 2. The number of esters is 1. The molecule has 9 nitrogen and oxygen atoms in total. The third-order valence-corrected chi connectivity index (χ3v) is 7.62. The number of amides is 2. The van der Waals surface area contributed by atoms with Crippen molar-refractivity contribution in [2.45, 2.75) is 46.1 Å². The van der Waals surface area contributed by atoms with Gasteiger partial charge in [-0.1, -0.05) is 29.8 Å². The first-order valence-electron chi connectivity index (χ1n) is 12.6. The standard InChI is InChI=1S/C29H31N3O6S/c1-17-9-11-19(12-10-17)16-38-22-14-13-20(15-23(22)36-3)18(2)31-32-27(34)26(33)30-28-25(29(35)37-4)21-7-5-6-8-24(21)39-28/h9-15H,5-8,16H2,1-4H3,(H,30,33)(H,32,34)/b31-18+. The summed E-state index contributed by atoms with van der Waals surface area (Å²) in [6, 6.07) is 13.4. The highest BCUT2D eigenvalue weighted by Gasteiger charge is 2.28. The highest BCUT2D eigenvalue weighted by Crippen LogP contribution is 2.38. The summed E-state index contributed by atoms with van der Waals surface area (Å²) < 4.78 is 16.3. The van der Waals surface area contributed by atoms with Crippen LogP contribution in [0, 0.1) is 6.92 Å². The SMILES string of the molecule is COC(=O)c1c(NC(=O)C(=O)N/N=C(\C)c2ccc(OCc3ccc(C)cc3)c(OC)c2)sc2c1CCCC2. The Bertz CT molecular complexity index is 1410. The van der Waals surface area contributed by atoms with Crippen LogP contribution in [0.4, 0.5) is 5.00 Å². The summed E-state index contributed by atoms with van der Waals surface area (Å²) in [4.78, 5) is 38.5. The topological polar surface area (TPSA) is 115 Å². The van der Waals surface area contributed by atoms with E-state index in [1.165, 1.54) is 24.0 Å². The predicted octanol–water partition coefficient (Wildman–Crippen LogP) is 4.79. The molecule has 1 aliphatic carbocycles. The van der Waals surface area contributed by atoms with Gasteiger partial charge in [-0.2, -0.15) is 5.10 Å². The molecule has 0 bridgehead atoms. The van der Waals surface area contributed by atoms with E-state index < -0.39 is 17.8 Å². The third-order valence-electron chi connectivity index (χ3n) is 6.42. The molecule has 1 aliphatic rings. The predicted molar refractivity (Wildman–Crippen MR) is 150 cm³/mol. The van der Waals surface area contributed by atoms with Gasteiger partial charge < -0.3 is 19.5 Å². The average Bonchev–Trinajstić information content (AvgIpc) is 3.32. The Kier molecular flexibility index (Phi) is 8.98. The van der Waals surface area contributed by atoms with Crippen molar-refractivity contribution in [3.05, 3.63) is 75.2 Å². The van der Waals surface area contributed by atoms with Crippen molar-refractivity contribution in [3.8, 4) is 11.5 Å². The normalized spacial score (nSPS) is 12.8. The minimum Gasteiger partial charge on any atom is -0.493 e. The number of fused-ring (bicyclic) bond motifs is 1. The summed E-state index contributed by atoms with van der Waals surface area (Å²) >= 11 is 1.31. The molecule has 0 radical (unpaired) electrons. The smallest absolute Gasteiger partial charge is 0.341 e. The van der Waals surface area contributed by atoms with E-state index in [-0.39, 0.29) is 0 Å². The van der Waals surface area contributed by atoms with Crippen LogP contribution in [0.5, 0.6) is 11.5 Å². The number of aryl methyl sites for hydroxylation is 2. The molecule has 204 valence electrons. The zero-order chi connectivity index (χ0) is 27.9. The van der Waals surface area contributed by atoms with Gasteiger partial charge >= 0.3 is 17.8 Å². The fraction of sp³-hybridized carbons (Fsp3) is 0.310. The zero-order valence-electron chi connectivity index (χ0n) is 22.4. The summed E-state index contributed by atoms with van der Waals surface area (Å²) in [5.41, 5.74) is 6.85. The molecule has 10 heteroatoms. The molecule has 4 rings (SSSR count). The Balaban J connectivity index is 1.41. The van der Waals surface area contributed by atoms with Crippen molar-refractivity contribution in [2.24, 2.45) is 5.10 Å². The van der Waals surface area contributed by atoms with Crippen molar-refractivity contribution in [1.82, 2.24) is 5.43 Å². The van der Waals surface area contributed by atoms with E-state index in [0.29, 0.717) is 39.9 Å². The second-order valence-corrected chi connectivity index (χ2v) is 10.2. The third kappa shape index (κ3) is 6.64. The molecule has 0 spiro atoms. The summed E-state index contributed by atoms with van der Waals surface area (Å²) in [6.07, 6.45) is 3.54. The number of ether oxygens (including phenoxy) is 3. The molecule has 1 aromatic heterocycles. The van der Waals surface area contributed by atoms with Gasteiger partial charge in [-0.05, 0) is 68.9 Å². The van der Waals surface area contributed by atoms with Gasteiger partial charge in [-0.25, -0.2) is 10.2 Å². The lowest BCUT2D eigenvalue weighted by atomic mass is 9.95. The number of methoxy groups -OCH3 is 2. The Hall–Kier alpha value is -4.18. The summed E-state index contributed by atoms with van der Waals surface area (Å²) in [5, 5.41) is 6.96. The first-order chi connectivity index (χ1) is 18.8. The Labute approximate surface area is 231 Å². The number of hydrazone groups is 1. The number of hydrogen-bond donors (Lipinski definition) is 2. The number of rotatable bonds is 8. The van der Waals surface area contributed by atoms with Crippen molar-refractivity contribution >= 4 is 39.8 Å². The summed E-state index contributed by atoms with van der Waals surface area (Å²) in [7, 11) is 2.84. The van der Waals surface area contributed by atoms with Gasteiger partial charge in [0.25, 0.3) is 0 Å². The number of anilines is 1. The van der Waals surface area contributed by atoms with Crippen LogP contribution in [-0.4, -0.2) is 37.7 Å². The monoisotopic (exact) mass is 549 g/mol. The van der Waals surface area contributed by atoms with Crippen molar-refractivity contribution in [3.63, 3.8) is 0 Å². The maximum atomic E-state index is 12.6. The van der Waals surface area contributed by atoms with Crippen molar-refractivity contribution in [1.29, 1.82) is 0 Å². The summed E-state index contributed by atoms with van der Waals surface area (Å²) in [6.45, 7) is 4.11. The molecule has 2 aromatic carbocycles. The maximum Gasteiger partial charge on any atom is 0.341 e. The second kappa shape index (κ2) is 12.6. The molecule has 2 amide bonds. The van der Waals surface area contributed by atoms with E-state index in [1.54, 1.807) is 32.2 Å². The van der Waals surface area contributed by atoms with Crippen LogP contribution in [0.1, 0.15) is 57.3 Å². The van der Waals surface area contributed by atoms with Crippen LogP contribution in [0.2, 0.25) is 0 Å². The molecule has 0 atom stereocenters. The summed E-state index contributed by atoms with van der Waals surface area (Å²) in [5.74, 6) is -1.33. The quantitative estimate of drug-likeness (QED) is 0.181. The number of nitrogens with zero attached hydrogens (tertiary/aromatic N) is 1. The van der Waals surface area contributed by atoms with E-state index in [2.05, 4.69) is 15.8 Å². The minimum absolute atomic E-state index is 0.320. The number of hydrogen-bond acceptors (Lipinski definition) is 8. The minimum atomic E-state index is -0.957. The molecule has 3 aromatic rings. The lowest BCUT2D eigenvalue weighted by molar-refractivity contribution is -0.136. The van der Waals surface area contributed by atoms with Crippen LogP contribution < -0.4 is 20.2 Å². The number of thiophene rings is 1.